The Balaban J connectivity index is 1.54. The maximum absolute atomic E-state index is 12.9. The molecule has 2 aromatic carbocycles. The molecule has 0 unspecified atom stereocenters. The predicted octanol–water partition coefficient (Wildman–Crippen LogP) is 4.09. The van der Waals surface area contributed by atoms with Crippen molar-refractivity contribution in [2.45, 2.75) is 39.8 Å². The van der Waals surface area contributed by atoms with Gasteiger partial charge in [0.25, 0.3) is 0 Å². The zero-order chi connectivity index (χ0) is 22.1. The van der Waals surface area contributed by atoms with Crippen LogP contribution < -0.4 is 10.6 Å². The van der Waals surface area contributed by atoms with Gasteiger partial charge >= 0.3 is 6.03 Å². The second kappa shape index (κ2) is 11.5. The molecule has 0 radical (unpaired) electrons. The first-order valence-corrected chi connectivity index (χ1v) is 11.3. The summed E-state index contributed by atoms with van der Waals surface area (Å²) in [6.45, 7) is 8.85. The third-order valence-electron chi connectivity index (χ3n) is 5.96. The minimum atomic E-state index is -0.176. The molecular formula is C25H34N4O2. The van der Waals surface area contributed by atoms with Gasteiger partial charge in [-0.2, -0.15) is 0 Å². The Morgan fingerprint density at radius 3 is 2.39 bits per heavy atom. The lowest BCUT2D eigenvalue weighted by atomic mass is 9.97. The van der Waals surface area contributed by atoms with Gasteiger partial charge in [0.2, 0.25) is 5.91 Å². The Bertz CT molecular complexity index is 852. The second-order valence-corrected chi connectivity index (χ2v) is 8.03. The van der Waals surface area contributed by atoms with Gasteiger partial charge in [0.15, 0.2) is 0 Å². The first-order valence-electron chi connectivity index (χ1n) is 11.3. The Morgan fingerprint density at radius 2 is 1.68 bits per heavy atom. The largest absolute Gasteiger partial charge is 0.352 e. The van der Waals surface area contributed by atoms with Crippen LogP contribution in [-0.2, 0) is 17.9 Å². The first-order chi connectivity index (χ1) is 15.1. The molecule has 0 aromatic heterocycles. The highest BCUT2D eigenvalue weighted by Crippen LogP contribution is 2.19. The van der Waals surface area contributed by atoms with Crippen molar-refractivity contribution in [2.24, 2.45) is 5.92 Å². The van der Waals surface area contributed by atoms with E-state index >= 15 is 0 Å². The number of likely N-dealkylation sites (tertiary alicyclic amines) is 1. The Kier molecular flexibility index (Phi) is 8.47. The minimum Gasteiger partial charge on any atom is -0.352 e. The number of benzene rings is 2. The van der Waals surface area contributed by atoms with E-state index in [1.54, 1.807) is 4.90 Å². The summed E-state index contributed by atoms with van der Waals surface area (Å²) in [5, 5.41) is 6.03. The van der Waals surface area contributed by atoms with E-state index in [0.29, 0.717) is 19.6 Å². The summed E-state index contributed by atoms with van der Waals surface area (Å²) in [6, 6.07) is 17.6. The third-order valence-corrected chi connectivity index (χ3v) is 5.96. The van der Waals surface area contributed by atoms with Gasteiger partial charge in [0.1, 0.15) is 0 Å². The number of carbonyl (C=O) groups is 2. The fourth-order valence-corrected chi connectivity index (χ4v) is 4.00. The molecule has 0 bridgehead atoms. The maximum Gasteiger partial charge on any atom is 0.321 e. The first kappa shape index (κ1) is 22.8. The fraction of sp³-hybridized carbons (Fsp3) is 0.440. The number of hydrogen-bond acceptors (Lipinski definition) is 3. The van der Waals surface area contributed by atoms with Gasteiger partial charge in [-0.1, -0.05) is 56.3 Å². The fourth-order valence-electron chi connectivity index (χ4n) is 4.00. The summed E-state index contributed by atoms with van der Waals surface area (Å²) < 4.78 is 0. The predicted molar refractivity (Wildman–Crippen MR) is 125 cm³/mol. The number of para-hydroxylation sites is 1. The SMILES string of the molecule is CCN(CC)Cc1ccccc1CNC(=O)[C@@H]1CCCN(C(=O)Nc2ccccc2)C1. The molecule has 2 N–H and O–H groups in total. The lowest BCUT2D eigenvalue weighted by Crippen LogP contribution is -2.46. The van der Waals surface area contributed by atoms with Gasteiger partial charge in [0, 0.05) is 31.9 Å². The maximum atomic E-state index is 12.9. The topological polar surface area (TPSA) is 64.7 Å². The molecule has 3 rings (SSSR count). The van der Waals surface area contributed by atoms with E-state index in [2.05, 4.69) is 47.6 Å². The van der Waals surface area contributed by atoms with Crippen LogP contribution in [0.4, 0.5) is 10.5 Å². The number of carbonyl (C=O) groups excluding carboxylic acids is 2. The summed E-state index contributed by atoms with van der Waals surface area (Å²) in [5.74, 6) is -0.153. The lowest BCUT2D eigenvalue weighted by molar-refractivity contribution is -0.126. The van der Waals surface area contributed by atoms with Crippen molar-refractivity contribution in [3.63, 3.8) is 0 Å². The number of rotatable bonds is 8. The number of amides is 3. The third kappa shape index (κ3) is 6.56. The average Bonchev–Trinajstić information content (AvgIpc) is 2.82. The molecule has 1 aliphatic rings. The number of anilines is 1. The number of nitrogens with one attached hydrogen (secondary N) is 2. The van der Waals surface area contributed by atoms with Crippen LogP contribution in [0.3, 0.4) is 0 Å². The molecule has 0 saturated carbocycles. The van der Waals surface area contributed by atoms with E-state index < -0.39 is 0 Å². The highest BCUT2D eigenvalue weighted by Gasteiger charge is 2.28. The van der Waals surface area contributed by atoms with Crippen LogP contribution in [0.5, 0.6) is 0 Å². The van der Waals surface area contributed by atoms with Crippen molar-refractivity contribution in [3.05, 3.63) is 65.7 Å². The van der Waals surface area contributed by atoms with Gasteiger partial charge in [-0.25, -0.2) is 4.79 Å². The normalized spacial score (nSPS) is 16.2. The van der Waals surface area contributed by atoms with Gasteiger partial charge in [0.05, 0.1) is 5.92 Å². The zero-order valence-electron chi connectivity index (χ0n) is 18.6. The molecule has 0 aliphatic carbocycles. The molecule has 2 aromatic rings. The van der Waals surface area contributed by atoms with Crippen LogP contribution in [0.25, 0.3) is 0 Å². The molecule has 1 aliphatic heterocycles. The summed E-state index contributed by atoms with van der Waals surface area (Å²) in [4.78, 5) is 29.6. The highest BCUT2D eigenvalue weighted by molar-refractivity contribution is 5.90. The van der Waals surface area contributed by atoms with E-state index in [1.807, 2.05) is 36.4 Å². The number of urea groups is 1. The summed E-state index contributed by atoms with van der Waals surface area (Å²) in [5.41, 5.74) is 3.17. The molecule has 1 fully saturated rings. The van der Waals surface area contributed by atoms with E-state index in [-0.39, 0.29) is 17.9 Å². The molecule has 1 atom stereocenters. The average molecular weight is 423 g/mol. The van der Waals surface area contributed by atoms with E-state index in [4.69, 9.17) is 0 Å². The molecule has 31 heavy (non-hydrogen) atoms. The highest BCUT2D eigenvalue weighted by atomic mass is 16.2. The lowest BCUT2D eigenvalue weighted by Gasteiger charge is -2.32. The molecule has 0 spiro atoms. The summed E-state index contributed by atoms with van der Waals surface area (Å²) in [6.07, 6.45) is 1.64. The van der Waals surface area contributed by atoms with Gasteiger partial charge in [-0.15, -0.1) is 0 Å². The minimum absolute atomic E-state index is 0.0230. The van der Waals surface area contributed by atoms with Crippen LogP contribution in [0.1, 0.15) is 37.8 Å². The van der Waals surface area contributed by atoms with Crippen molar-refractivity contribution < 1.29 is 9.59 Å². The van der Waals surface area contributed by atoms with E-state index in [1.165, 1.54) is 5.56 Å². The van der Waals surface area contributed by atoms with Crippen LogP contribution in [0, 0.1) is 5.92 Å². The Hall–Kier alpha value is -2.86. The quantitative estimate of drug-likeness (QED) is 0.673. The van der Waals surface area contributed by atoms with Gasteiger partial charge < -0.3 is 15.5 Å². The molecule has 1 saturated heterocycles. The van der Waals surface area contributed by atoms with Crippen molar-refractivity contribution in [3.8, 4) is 0 Å². The van der Waals surface area contributed by atoms with Gasteiger partial charge in [-0.05, 0) is 49.2 Å². The summed E-state index contributed by atoms with van der Waals surface area (Å²) >= 11 is 0. The second-order valence-electron chi connectivity index (χ2n) is 8.03. The van der Waals surface area contributed by atoms with Crippen molar-refractivity contribution in [1.29, 1.82) is 0 Å². The van der Waals surface area contributed by atoms with Crippen LogP contribution in [-0.4, -0.2) is 47.9 Å². The number of hydrogen-bond donors (Lipinski definition) is 2. The number of piperidine rings is 1. The van der Waals surface area contributed by atoms with Crippen LogP contribution >= 0.6 is 0 Å². The number of nitrogens with zero attached hydrogens (tertiary/aromatic N) is 2. The summed E-state index contributed by atoms with van der Waals surface area (Å²) in [7, 11) is 0. The van der Waals surface area contributed by atoms with E-state index in [0.717, 1.165) is 43.7 Å². The Labute approximate surface area is 185 Å². The molecule has 3 amide bonds. The molecule has 6 nitrogen and oxygen atoms in total. The van der Waals surface area contributed by atoms with Gasteiger partial charge in [-0.3, -0.25) is 9.69 Å². The smallest absolute Gasteiger partial charge is 0.321 e. The van der Waals surface area contributed by atoms with Crippen LogP contribution in [0.2, 0.25) is 0 Å². The molecular weight excluding hydrogens is 388 g/mol. The standard InChI is InChI=1S/C25H34N4O2/c1-3-28(4-2)18-21-12-9-8-11-20(21)17-26-24(30)22-13-10-16-29(19-22)25(31)27-23-14-6-5-7-15-23/h5-9,11-12,14-15,22H,3-4,10,13,16-19H2,1-2H3,(H,26,30)(H,27,31)/t22-/m1/s1. The van der Waals surface area contributed by atoms with E-state index in [9.17, 15) is 9.59 Å². The van der Waals surface area contributed by atoms with Crippen LogP contribution in [0.15, 0.2) is 54.6 Å². The van der Waals surface area contributed by atoms with Crippen molar-refractivity contribution in [2.75, 3.05) is 31.5 Å². The molecule has 166 valence electrons. The van der Waals surface area contributed by atoms with Crippen molar-refractivity contribution in [1.82, 2.24) is 15.1 Å². The van der Waals surface area contributed by atoms with Crippen molar-refractivity contribution >= 4 is 17.6 Å². The zero-order valence-corrected chi connectivity index (χ0v) is 18.6. The molecule has 6 heteroatoms. The Morgan fingerprint density at radius 1 is 1.00 bits per heavy atom. The molecule has 1 heterocycles. The monoisotopic (exact) mass is 422 g/mol.